The molecule has 0 heterocycles. The number of aliphatic hydroxyl groups excluding tert-OH is 7. The van der Waals surface area contributed by atoms with Crippen LogP contribution in [0.15, 0.2) is 12.2 Å². The van der Waals surface area contributed by atoms with E-state index in [9.17, 15) is 50.0 Å². The summed E-state index contributed by atoms with van der Waals surface area (Å²) in [4.78, 5) is 23.5. The molecule has 0 aromatic rings. The van der Waals surface area contributed by atoms with Gasteiger partial charge in [-0.2, -0.15) is 0 Å². The highest BCUT2D eigenvalue weighted by Gasteiger charge is 2.51. The first-order chi connectivity index (χ1) is 30.3. The summed E-state index contributed by atoms with van der Waals surface area (Å²) in [5.41, 5.74) is 0. The fraction of sp³-hybridized carbons (Fsp3) is 0.939. The molecule has 1 aliphatic carbocycles. The van der Waals surface area contributed by atoms with Crippen molar-refractivity contribution in [1.82, 2.24) is 5.32 Å². The maximum Gasteiger partial charge on any atom is 0.472 e. The van der Waals surface area contributed by atoms with Gasteiger partial charge in [0.05, 0.1) is 31.3 Å². The maximum atomic E-state index is 13.0. The van der Waals surface area contributed by atoms with E-state index < -0.39 is 75.2 Å². The predicted octanol–water partition coefficient (Wildman–Crippen LogP) is 9.37. The van der Waals surface area contributed by atoms with Gasteiger partial charge in [0.25, 0.3) is 0 Å². The van der Waals surface area contributed by atoms with Crippen LogP contribution in [0.1, 0.15) is 232 Å². The number of carbonyl (C=O) groups is 1. The zero-order valence-corrected chi connectivity index (χ0v) is 40.7. The predicted molar refractivity (Wildman–Crippen MR) is 252 cm³/mol. The molecule has 0 bridgehead atoms. The molecule has 0 radical (unpaired) electrons. The van der Waals surface area contributed by atoms with Crippen LogP contribution >= 0.6 is 7.82 Å². The number of phosphoric ester groups is 1. The highest BCUT2D eigenvalue weighted by molar-refractivity contribution is 7.47. The summed E-state index contributed by atoms with van der Waals surface area (Å²) in [6.07, 6.45) is 28.7. The molecule has 1 amide bonds. The summed E-state index contributed by atoms with van der Waals surface area (Å²) in [7, 11) is -5.14. The van der Waals surface area contributed by atoms with E-state index in [2.05, 4.69) is 19.2 Å². The Morgan fingerprint density at radius 3 is 1.30 bits per heavy atom. The van der Waals surface area contributed by atoms with Crippen LogP contribution in [0, 0.1) is 0 Å². The molecule has 13 nitrogen and oxygen atoms in total. The lowest BCUT2D eigenvalue weighted by molar-refractivity contribution is -0.220. The summed E-state index contributed by atoms with van der Waals surface area (Å²) in [5, 5.41) is 74.6. The van der Waals surface area contributed by atoms with E-state index in [1.807, 2.05) is 0 Å². The van der Waals surface area contributed by atoms with E-state index in [1.54, 1.807) is 6.08 Å². The summed E-state index contributed by atoms with van der Waals surface area (Å²) in [6.45, 7) is 3.76. The molecule has 63 heavy (non-hydrogen) atoms. The molecular weight excluding hydrogens is 826 g/mol. The fourth-order valence-electron chi connectivity index (χ4n) is 8.42. The number of unbranched alkanes of at least 4 members (excludes halogenated alkanes) is 30. The molecular formula is C49H96NO12P. The lowest BCUT2D eigenvalue weighted by atomic mass is 9.85. The monoisotopic (exact) mass is 922 g/mol. The third-order valence-electron chi connectivity index (χ3n) is 12.6. The number of rotatable bonds is 43. The topological polar surface area (TPSA) is 226 Å². The molecule has 1 aliphatic rings. The molecule has 1 rings (SSSR count). The standard InChI is InChI=1S/C49H96NO12P/c1-3-5-7-9-11-13-15-17-18-19-20-21-22-23-25-26-28-30-32-34-36-40(51)38-43(53)50-41(42(52)37-35-33-31-29-27-24-16-14-12-10-8-6-4-2)39-61-63(59,60)62-49-47(57)45(55)44(54)46(56)48(49)58/h35,37,40-42,44-49,51-52,54-58H,3-34,36,38-39H2,1-2H3,(H,50,53)(H,59,60)/b37-35+. The largest absolute Gasteiger partial charge is 0.472 e. The minimum atomic E-state index is -5.14. The molecule has 9 N–H and O–H groups in total. The van der Waals surface area contributed by atoms with Gasteiger partial charge in [0.2, 0.25) is 5.91 Å². The van der Waals surface area contributed by atoms with E-state index >= 15 is 0 Å². The number of allylic oxidation sites excluding steroid dienone is 1. The molecule has 1 fully saturated rings. The SMILES string of the molecule is CCCCCCCCCCCCC/C=C/C(O)C(COP(=O)(O)OC1C(O)C(O)C(O)C(O)C1O)NC(=O)CC(O)CCCCCCCCCCCCCCCCCCCCCC. The van der Waals surface area contributed by atoms with Gasteiger partial charge in [-0.15, -0.1) is 0 Å². The maximum absolute atomic E-state index is 13.0. The number of amides is 1. The summed E-state index contributed by atoms with van der Waals surface area (Å²) >= 11 is 0. The van der Waals surface area contributed by atoms with E-state index in [0.29, 0.717) is 12.8 Å². The van der Waals surface area contributed by atoms with E-state index in [4.69, 9.17) is 9.05 Å². The van der Waals surface area contributed by atoms with Gasteiger partial charge >= 0.3 is 7.82 Å². The first-order valence-corrected chi connectivity index (χ1v) is 27.2. The Morgan fingerprint density at radius 2 is 0.905 bits per heavy atom. The minimum absolute atomic E-state index is 0.239. The quantitative estimate of drug-likeness (QED) is 0.0158. The second-order valence-electron chi connectivity index (χ2n) is 18.6. The van der Waals surface area contributed by atoms with Gasteiger partial charge in [-0.1, -0.05) is 219 Å². The van der Waals surface area contributed by atoms with Crippen molar-refractivity contribution in [3.63, 3.8) is 0 Å². The molecule has 0 saturated heterocycles. The van der Waals surface area contributed by atoms with Crippen LogP contribution in [0.2, 0.25) is 0 Å². The van der Waals surface area contributed by atoms with E-state index in [-0.39, 0.29) is 6.42 Å². The van der Waals surface area contributed by atoms with E-state index in [0.717, 1.165) is 44.9 Å². The van der Waals surface area contributed by atoms with Crippen molar-refractivity contribution in [3.8, 4) is 0 Å². The van der Waals surface area contributed by atoms with Gasteiger partial charge in [0.1, 0.15) is 36.6 Å². The molecule has 1 saturated carbocycles. The zero-order valence-electron chi connectivity index (χ0n) is 39.8. The van der Waals surface area contributed by atoms with Crippen LogP contribution in [0.5, 0.6) is 0 Å². The molecule has 8 unspecified atom stereocenters. The third kappa shape index (κ3) is 30.9. The van der Waals surface area contributed by atoms with Crippen LogP contribution in [0.4, 0.5) is 0 Å². The van der Waals surface area contributed by atoms with Crippen molar-refractivity contribution in [3.05, 3.63) is 12.2 Å². The van der Waals surface area contributed by atoms with E-state index in [1.165, 1.54) is 160 Å². The van der Waals surface area contributed by atoms with Crippen LogP contribution in [0.25, 0.3) is 0 Å². The highest BCUT2D eigenvalue weighted by atomic mass is 31.2. The van der Waals surface area contributed by atoms with Crippen molar-refractivity contribution < 1.29 is 59.0 Å². The number of nitrogens with one attached hydrogen (secondary N) is 1. The van der Waals surface area contributed by atoms with Crippen molar-refractivity contribution in [2.24, 2.45) is 0 Å². The first-order valence-electron chi connectivity index (χ1n) is 25.7. The van der Waals surface area contributed by atoms with Crippen LogP contribution < -0.4 is 5.32 Å². The second kappa shape index (κ2) is 39.1. The molecule has 374 valence electrons. The molecule has 14 heteroatoms. The average Bonchev–Trinajstić information content (AvgIpc) is 3.26. The van der Waals surface area contributed by atoms with Crippen molar-refractivity contribution in [1.29, 1.82) is 0 Å². The van der Waals surface area contributed by atoms with Gasteiger partial charge < -0.3 is 46.0 Å². The number of phosphoric acid groups is 1. The van der Waals surface area contributed by atoms with Crippen LogP contribution in [-0.2, 0) is 18.4 Å². The van der Waals surface area contributed by atoms with Crippen LogP contribution in [0.3, 0.4) is 0 Å². The number of hydrogen-bond donors (Lipinski definition) is 9. The minimum Gasteiger partial charge on any atom is -0.393 e. The smallest absolute Gasteiger partial charge is 0.393 e. The number of carbonyl (C=O) groups excluding carboxylic acids is 1. The molecule has 0 aromatic heterocycles. The lowest BCUT2D eigenvalue weighted by Crippen LogP contribution is -2.64. The van der Waals surface area contributed by atoms with Crippen molar-refractivity contribution in [2.75, 3.05) is 6.61 Å². The lowest BCUT2D eigenvalue weighted by Gasteiger charge is -2.41. The Bertz CT molecular complexity index is 1130. The number of aliphatic hydroxyl groups is 7. The summed E-state index contributed by atoms with van der Waals surface area (Å²) in [6, 6.07) is -1.23. The second-order valence-corrected chi connectivity index (χ2v) is 20.0. The van der Waals surface area contributed by atoms with Crippen molar-refractivity contribution >= 4 is 13.7 Å². The van der Waals surface area contributed by atoms with Gasteiger partial charge in [0, 0.05) is 0 Å². The Labute approximate surface area is 382 Å². The Morgan fingerprint density at radius 1 is 0.556 bits per heavy atom. The average molecular weight is 922 g/mol. The Hall–Kier alpha value is -0.960. The number of hydrogen-bond acceptors (Lipinski definition) is 11. The van der Waals surface area contributed by atoms with Gasteiger partial charge in [-0.3, -0.25) is 13.8 Å². The normalized spacial score (nSPS) is 22.9. The molecule has 0 spiro atoms. The summed E-state index contributed by atoms with van der Waals surface area (Å²) in [5.74, 6) is -0.589. The zero-order chi connectivity index (χ0) is 46.6. The molecule has 8 atom stereocenters. The third-order valence-corrected chi connectivity index (χ3v) is 13.6. The Kier molecular flexibility index (Phi) is 37.3. The van der Waals surface area contributed by atoms with Gasteiger partial charge in [-0.25, -0.2) is 4.57 Å². The highest BCUT2D eigenvalue weighted by Crippen LogP contribution is 2.47. The first kappa shape index (κ1) is 60.1. The molecule has 0 aliphatic heterocycles. The summed E-state index contributed by atoms with van der Waals surface area (Å²) < 4.78 is 22.9. The fourth-order valence-corrected chi connectivity index (χ4v) is 9.39. The van der Waals surface area contributed by atoms with Crippen LogP contribution in [-0.4, -0.2) is 108 Å². The van der Waals surface area contributed by atoms with Gasteiger partial charge in [-0.05, 0) is 19.3 Å². The van der Waals surface area contributed by atoms with Crippen molar-refractivity contribution in [2.45, 2.75) is 287 Å². The van der Waals surface area contributed by atoms with Gasteiger partial charge in [0.15, 0.2) is 0 Å². The molecule has 0 aromatic carbocycles. The Balaban J connectivity index is 2.44.